The third-order valence-corrected chi connectivity index (χ3v) is 5.51. The summed E-state index contributed by atoms with van der Waals surface area (Å²) < 4.78 is 5.24. The van der Waals surface area contributed by atoms with E-state index in [9.17, 15) is 14.7 Å². The highest BCUT2D eigenvalue weighted by Crippen LogP contribution is 2.42. The smallest absolute Gasteiger partial charge is 0.349 e. The van der Waals surface area contributed by atoms with Crippen LogP contribution in [0.2, 0.25) is 0 Å². The van der Waals surface area contributed by atoms with Crippen molar-refractivity contribution in [3.05, 3.63) is 64.5 Å². The largest absolute Gasteiger partial charge is 0.480 e. The molecule has 0 aliphatic carbocycles. The van der Waals surface area contributed by atoms with Gasteiger partial charge in [0.05, 0.1) is 0 Å². The average Bonchev–Trinajstić information content (AvgIpc) is 3.02. The van der Waals surface area contributed by atoms with E-state index in [4.69, 9.17) is 15.6 Å². The van der Waals surface area contributed by atoms with Crippen molar-refractivity contribution >= 4 is 34.7 Å². The fourth-order valence-corrected chi connectivity index (χ4v) is 3.99. The Morgan fingerprint density at radius 1 is 1.14 bits per heavy atom. The van der Waals surface area contributed by atoms with Crippen LogP contribution in [0, 0.1) is 6.92 Å². The third kappa shape index (κ3) is 4.85. The quantitative estimate of drug-likeness (QED) is 0.411. The van der Waals surface area contributed by atoms with Crippen LogP contribution in [-0.2, 0) is 11.3 Å². The minimum absolute atomic E-state index is 0.0168. The number of aliphatic carboxylic acids is 1. The van der Waals surface area contributed by atoms with Crippen LogP contribution in [0.1, 0.15) is 20.8 Å². The lowest BCUT2D eigenvalue weighted by molar-refractivity contribution is -0.139. The molecule has 3 aromatic rings. The molecule has 0 radical (unpaired) electrons. The predicted molar refractivity (Wildman–Crippen MR) is 113 cm³/mol. The molecule has 0 unspecified atom stereocenters. The van der Waals surface area contributed by atoms with Crippen LogP contribution in [0.25, 0.3) is 10.4 Å². The maximum absolute atomic E-state index is 11.6. The molecule has 0 aliphatic heterocycles. The van der Waals surface area contributed by atoms with E-state index < -0.39 is 18.5 Å². The molecule has 2 aromatic carbocycles. The Bertz CT molecular complexity index is 1060. The zero-order valence-electron chi connectivity index (χ0n) is 15.6. The van der Waals surface area contributed by atoms with E-state index in [0.29, 0.717) is 17.8 Å². The number of aromatic carboxylic acids is 1. The van der Waals surface area contributed by atoms with Gasteiger partial charge in [-0.1, -0.05) is 24.3 Å². The van der Waals surface area contributed by atoms with Gasteiger partial charge < -0.3 is 26.0 Å². The molecule has 0 atom stereocenters. The minimum atomic E-state index is -1.17. The number of carbonyl (C=O) groups is 2. The lowest BCUT2D eigenvalue weighted by atomic mass is 10.1. The van der Waals surface area contributed by atoms with E-state index in [-0.39, 0.29) is 10.6 Å². The van der Waals surface area contributed by atoms with E-state index >= 15 is 0 Å². The summed E-state index contributed by atoms with van der Waals surface area (Å²) in [7, 11) is 0. The number of hydrogen-bond acceptors (Lipinski definition) is 6. The molecule has 0 amide bonds. The Hall–Kier alpha value is -3.52. The zero-order valence-corrected chi connectivity index (χ0v) is 16.5. The topological polar surface area (TPSA) is 122 Å². The number of anilines is 2. The Kier molecular flexibility index (Phi) is 6.04. The summed E-state index contributed by atoms with van der Waals surface area (Å²) in [6, 6.07) is 15.2. The highest BCUT2D eigenvalue weighted by molar-refractivity contribution is 7.18. The van der Waals surface area contributed by atoms with Gasteiger partial charge in [0.1, 0.15) is 5.75 Å². The molecule has 0 saturated heterocycles. The Morgan fingerprint density at radius 2 is 1.90 bits per heavy atom. The second-order valence-electron chi connectivity index (χ2n) is 6.38. The van der Waals surface area contributed by atoms with Gasteiger partial charge in [0.15, 0.2) is 11.5 Å². The number of ether oxygens (including phenoxy) is 1. The monoisotopic (exact) mass is 412 g/mol. The first-order valence-corrected chi connectivity index (χ1v) is 9.57. The molecule has 1 heterocycles. The van der Waals surface area contributed by atoms with Gasteiger partial charge in [-0.05, 0) is 42.3 Å². The highest BCUT2D eigenvalue weighted by Gasteiger charge is 2.23. The van der Waals surface area contributed by atoms with Crippen molar-refractivity contribution in [1.29, 1.82) is 0 Å². The fourth-order valence-electron chi connectivity index (χ4n) is 2.90. The zero-order chi connectivity index (χ0) is 21.0. The lowest BCUT2D eigenvalue weighted by Crippen LogP contribution is -2.11. The molecule has 0 bridgehead atoms. The second kappa shape index (κ2) is 8.66. The molecule has 0 spiro atoms. The number of nitrogen functional groups attached to an aromatic ring is 1. The van der Waals surface area contributed by atoms with E-state index in [1.165, 1.54) is 0 Å². The van der Waals surface area contributed by atoms with Crippen LogP contribution >= 0.6 is 11.3 Å². The van der Waals surface area contributed by atoms with Crippen molar-refractivity contribution in [1.82, 2.24) is 0 Å². The molecule has 0 aliphatic rings. The van der Waals surface area contributed by atoms with Crippen LogP contribution in [0.3, 0.4) is 0 Å². The normalized spacial score (nSPS) is 10.5. The number of carboxylic acid groups (broad SMARTS) is 2. The number of carboxylic acids is 2. The molecule has 150 valence electrons. The number of thiophene rings is 1. The van der Waals surface area contributed by atoms with Gasteiger partial charge in [0.2, 0.25) is 0 Å². The fraction of sp³-hybridized carbons (Fsp3) is 0.143. The van der Waals surface area contributed by atoms with Crippen molar-refractivity contribution in [2.45, 2.75) is 13.5 Å². The number of benzene rings is 2. The van der Waals surface area contributed by atoms with Gasteiger partial charge in [0.25, 0.3) is 0 Å². The van der Waals surface area contributed by atoms with Gasteiger partial charge in [0, 0.05) is 28.4 Å². The van der Waals surface area contributed by atoms with Crippen molar-refractivity contribution in [2.24, 2.45) is 0 Å². The van der Waals surface area contributed by atoms with Crippen LogP contribution in [-0.4, -0.2) is 28.8 Å². The summed E-state index contributed by atoms with van der Waals surface area (Å²) in [6.45, 7) is 1.71. The molecule has 1 aromatic heterocycles. The van der Waals surface area contributed by atoms with Crippen molar-refractivity contribution in [2.75, 3.05) is 17.7 Å². The van der Waals surface area contributed by atoms with Crippen molar-refractivity contribution in [3.63, 3.8) is 0 Å². The van der Waals surface area contributed by atoms with Crippen molar-refractivity contribution < 1.29 is 24.5 Å². The number of nitrogens with two attached hydrogens (primary N) is 1. The summed E-state index contributed by atoms with van der Waals surface area (Å²) in [5.41, 5.74) is 9.82. The van der Waals surface area contributed by atoms with Crippen LogP contribution in [0.4, 0.5) is 11.4 Å². The van der Waals surface area contributed by atoms with E-state index in [1.54, 1.807) is 6.92 Å². The number of hydrogen-bond donors (Lipinski definition) is 4. The number of rotatable bonds is 8. The van der Waals surface area contributed by atoms with Gasteiger partial charge in [-0.3, -0.25) is 0 Å². The molecule has 0 fully saturated rings. The standard InChI is InChI=1S/C21H20N2O5S/c1-12-18(28-11-17(24)25)20(21(26)27)29-19(12)14-5-3-7-16(9-14)23-10-13-4-2-6-15(22)8-13/h2-9,23H,10-11,22H2,1H3,(H,24,25)(H,26,27). The van der Waals surface area contributed by atoms with Crippen LogP contribution in [0.15, 0.2) is 48.5 Å². The van der Waals surface area contributed by atoms with E-state index in [2.05, 4.69) is 5.32 Å². The average molecular weight is 412 g/mol. The predicted octanol–water partition coefficient (Wildman–Crippen LogP) is 4.08. The first kappa shape index (κ1) is 20.2. The second-order valence-corrected chi connectivity index (χ2v) is 7.40. The first-order valence-electron chi connectivity index (χ1n) is 8.75. The molecule has 8 heteroatoms. The van der Waals surface area contributed by atoms with Gasteiger partial charge in [-0.2, -0.15) is 0 Å². The third-order valence-electron chi connectivity index (χ3n) is 4.20. The Balaban J connectivity index is 1.86. The molecule has 7 nitrogen and oxygen atoms in total. The first-order chi connectivity index (χ1) is 13.8. The lowest BCUT2D eigenvalue weighted by Gasteiger charge is -2.09. The number of nitrogens with one attached hydrogen (secondary N) is 1. The molecular formula is C21H20N2O5S. The maximum atomic E-state index is 11.6. The Morgan fingerprint density at radius 3 is 2.59 bits per heavy atom. The van der Waals surface area contributed by atoms with E-state index in [1.807, 2.05) is 48.5 Å². The molecule has 5 N–H and O–H groups in total. The van der Waals surface area contributed by atoms with Gasteiger partial charge in [-0.25, -0.2) is 9.59 Å². The van der Waals surface area contributed by atoms with E-state index in [0.717, 1.165) is 33.0 Å². The maximum Gasteiger partial charge on any atom is 0.349 e. The minimum Gasteiger partial charge on any atom is -0.480 e. The Labute approximate surface area is 171 Å². The summed E-state index contributed by atoms with van der Waals surface area (Å²) in [5.74, 6) is -2.22. The molecule has 3 rings (SSSR count). The molecule has 0 saturated carbocycles. The molecule has 29 heavy (non-hydrogen) atoms. The summed E-state index contributed by atoms with van der Waals surface area (Å²) in [6.07, 6.45) is 0. The van der Waals surface area contributed by atoms with Gasteiger partial charge >= 0.3 is 11.9 Å². The SMILES string of the molecule is Cc1c(-c2cccc(NCc3cccc(N)c3)c2)sc(C(=O)O)c1OCC(=O)O. The van der Waals surface area contributed by atoms with Crippen LogP contribution in [0.5, 0.6) is 5.75 Å². The highest BCUT2D eigenvalue weighted by atomic mass is 32.1. The molecular weight excluding hydrogens is 392 g/mol. The van der Waals surface area contributed by atoms with Crippen molar-refractivity contribution in [3.8, 4) is 16.2 Å². The summed E-state index contributed by atoms with van der Waals surface area (Å²) in [4.78, 5) is 23.1. The summed E-state index contributed by atoms with van der Waals surface area (Å²) >= 11 is 1.06. The van der Waals surface area contributed by atoms with Gasteiger partial charge in [-0.15, -0.1) is 11.3 Å². The summed E-state index contributed by atoms with van der Waals surface area (Å²) in [5, 5.41) is 21.6. The van der Waals surface area contributed by atoms with Crippen LogP contribution < -0.4 is 15.8 Å².